The van der Waals surface area contributed by atoms with Crippen molar-refractivity contribution in [3.63, 3.8) is 0 Å². The summed E-state index contributed by atoms with van der Waals surface area (Å²) in [5, 5.41) is 3.58. The van der Waals surface area contributed by atoms with Gasteiger partial charge in [0.2, 0.25) is 0 Å². The predicted molar refractivity (Wildman–Crippen MR) is 127 cm³/mol. The van der Waals surface area contributed by atoms with E-state index in [0.29, 0.717) is 17.5 Å². The van der Waals surface area contributed by atoms with Gasteiger partial charge in [-0.25, -0.2) is 9.78 Å². The van der Waals surface area contributed by atoms with E-state index in [0.717, 1.165) is 20.8 Å². The van der Waals surface area contributed by atoms with Gasteiger partial charge >= 0.3 is 5.97 Å². The summed E-state index contributed by atoms with van der Waals surface area (Å²) in [5.41, 5.74) is 4.00. The van der Waals surface area contributed by atoms with Gasteiger partial charge in [0.15, 0.2) is 19.5 Å². The number of carbonyl (C=O) groups is 3. The average molecular weight is 461 g/mol. The largest absolute Gasteiger partial charge is 0.481 e. The number of fused-ring (bicyclic) bond motifs is 1. The number of benzene rings is 3. The minimum atomic E-state index is -0.715. The van der Waals surface area contributed by atoms with Crippen LogP contribution in [0.4, 0.5) is 5.69 Å². The first-order valence-electron chi connectivity index (χ1n) is 10.1. The van der Waals surface area contributed by atoms with Crippen molar-refractivity contribution in [3.05, 3.63) is 77.9 Å². The highest BCUT2D eigenvalue weighted by atomic mass is 32.1. The summed E-state index contributed by atoms with van der Waals surface area (Å²) >= 11 is 1.61. The number of aryl methyl sites for hydroxylation is 1. The third-order valence-electron chi connectivity index (χ3n) is 4.72. The monoisotopic (exact) mass is 460 g/mol. The second-order valence-electron chi connectivity index (χ2n) is 7.22. The van der Waals surface area contributed by atoms with Gasteiger partial charge in [-0.3, -0.25) is 9.59 Å². The molecule has 4 rings (SSSR count). The van der Waals surface area contributed by atoms with Crippen molar-refractivity contribution in [2.45, 2.75) is 6.92 Å². The van der Waals surface area contributed by atoms with Crippen molar-refractivity contribution in [2.24, 2.45) is 0 Å². The number of hydrogen-bond donors (Lipinski definition) is 1. The molecule has 0 atom stereocenters. The maximum atomic E-state index is 12.1. The Labute approximate surface area is 194 Å². The topological polar surface area (TPSA) is 94.6 Å². The number of esters is 1. The highest BCUT2D eigenvalue weighted by molar-refractivity contribution is 7.21. The fraction of sp³-hybridized carbons (Fsp3) is 0.120. The Balaban J connectivity index is 1.27. The van der Waals surface area contributed by atoms with Crippen molar-refractivity contribution >= 4 is 45.4 Å². The zero-order valence-corrected chi connectivity index (χ0v) is 18.6. The maximum absolute atomic E-state index is 12.1. The van der Waals surface area contributed by atoms with Gasteiger partial charge in [-0.05, 0) is 61.0 Å². The third kappa shape index (κ3) is 5.61. The number of anilines is 1. The normalized spacial score (nSPS) is 10.6. The molecule has 0 fully saturated rings. The number of amides is 1. The Morgan fingerprint density at radius 1 is 1.03 bits per heavy atom. The molecule has 1 heterocycles. The molecule has 1 aromatic heterocycles. The molecule has 0 aliphatic carbocycles. The molecule has 0 aliphatic heterocycles. The lowest BCUT2D eigenvalue weighted by atomic mass is 10.2. The molecule has 7 nitrogen and oxygen atoms in total. The van der Waals surface area contributed by atoms with Crippen molar-refractivity contribution in [1.29, 1.82) is 0 Å². The number of nitrogens with one attached hydrogen (secondary N) is 1. The zero-order valence-electron chi connectivity index (χ0n) is 17.7. The van der Waals surface area contributed by atoms with Crippen molar-refractivity contribution in [1.82, 2.24) is 4.98 Å². The molecule has 1 N–H and O–H groups in total. The van der Waals surface area contributed by atoms with Crippen LogP contribution in [0.15, 0.2) is 66.7 Å². The van der Waals surface area contributed by atoms with Gasteiger partial charge in [0.05, 0.1) is 15.8 Å². The molecule has 0 spiro atoms. The van der Waals surface area contributed by atoms with Crippen LogP contribution in [0.25, 0.3) is 20.8 Å². The first-order chi connectivity index (χ1) is 16.0. The van der Waals surface area contributed by atoms with Crippen LogP contribution in [-0.4, -0.2) is 36.4 Å². The molecule has 33 heavy (non-hydrogen) atoms. The molecule has 3 aromatic carbocycles. The lowest BCUT2D eigenvalue weighted by Crippen LogP contribution is -2.23. The smallest absolute Gasteiger partial charge is 0.344 e. The molecule has 0 bridgehead atoms. The van der Waals surface area contributed by atoms with Crippen LogP contribution < -0.4 is 10.1 Å². The fourth-order valence-electron chi connectivity index (χ4n) is 3.08. The van der Waals surface area contributed by atoms with Crippen LogP contribution in [-0.2, 0) is 14.3 Å². The number of ether oxygens (including phenoxy) is 2. The number of aromatic nitrogens is 1. The van der Waals surface area contributed by atoms with Crippen molar-refractivity contribution in [3.8, 4) is 16.3 Å². The molecule has 166 valence electrons. The summed E-state index contributed by atoms with van der Waals surface area (Å²) in [7, 11) is 0. The Kier molecular flexibility index (Phi) is 6.75. The Morgan fingerprint density at radius 3 is 2.61 bits per heavy atom. The Bertz CT molecular complexity index is 1310. The van der Waals surface area contributed by atoms with Gasteiger partial charge in [0.25, 0.3) is 5.91 Å². The van der Waals surface area contributed by atoms with Crippen molar-refractivity contribution in [2.75, 3.05) is 18.5 Å². The zero-order chi connectivity index (χ0) is 23.2. The van der Waals surface area contributed by atoms with E-state index in [1.54, 1.807) is 47.7 Å². The number of aldehydes is 1. The summed E-state index contributed by atoms with van der Waals surface area (Å²) in [6, 6.07) is 20.0. The second-order valence-corrected chi connectivity index (χ2v) is 8.25. The lowest BCUT2D eigenvalue weighted by Gasteiger charge is -2.09. The predicted octanol–water partition coefficient (Wildman–Crippen LogP) is 4.64. The maximum Gasteiger partial charge on any atom is 0.344 e. The van der Waals surface area contributed by atoms with Gasteiger partial charge in [-0.15, -0.1) is 11.3 Å². The lowest BCUT2D eigenvalue weighted by molar-refractivity contribution is -0.149. The SMILES string of the molecule is Cc1ccc2nc(-c3ccc(NC(=O)COC(=O)COc4ccccc4C=O)cc3)sc2c1. The van der Waals surface area contributed by atoms with E-state index in [-0.39, 0.29) is 5.75 Å². The molecule has 0 saturated heterocycles. The van der Waals surface area contributed by atoms with Crippen LogP contribution in [0.5, 0.6) is 5.75 Å². The van der Waals surface area contributed by atoms with Crippen LogP contribution >= 0.6 is 11.3 Å². The average Bonchev–Trinajstić information content (AvgIpc) is 3.25. The van der Waals surface area contributed by atoms with Gasteiger partial charge < -0.3 is 14.8 Å². The van der Waals surface area contributed by atoms with E-state index >= 15 is 0 Å². The molecule has 4 aromatic rings. The molecule has 0 aliphatic rings. The number of rotatable bonds is 8. The van der Waals surface area contributed by atoms with Crippen molar-refractivity contribution < 1.29 is 23.9 Å². The molecule has 8 heteroatoms. The minimum Gasteiger partial charge on any atom is -0.481 e. The van der Waals surface area contributed by atoms with E-state index < -0.39 is 25.1 Å². The highest BCUT2D eigenvalue weighted by Crippen LogP contribution is 2.31. The number of carbonyl (C=O) groups excluding carboxylic acids is 3. The molecular formula is C25H20N2O5S. The van der Waals surface area contributed by atoms with Crippen LogP contribution in [0, 0.1) is 6.92 Å². The van der Waals surface area contributed by atoms with Gasteiger partial charge in [-0.1, -0.05) is 18.2 Å². The molecule has 0 unspecified atom stereocenters. The van der Waals surface area contributed by atoms with E-state index in [1.165, 1.54) is 5.56 Å². The van der Waals surface area contributed by atoms with E-state index in [4.69, 9.17) is 9.47 Å². The van der Waals surface area contributed by atoms with Gasteiger partial charge in [-0.2, -0.15) is 0 Å². The number of hydrogen-bond acceptors (Lipinski definition) is 7. The van der Waals surface area contributed by atoms with E-state index in [9.17, 15) is 14.4 Å². The van der Waals surface area contributed by atoms with Crippen LogP contribution in [0.1, 0.15) is 15.9 Å². The van der Waals surface area contributed by atoms with Crippen LogP contribution in [0.3, 0.4) is 0 Å². The first-order valence-corrected chi connectivity index (χ1v) is 10.9. The first kappa shape index (κ1) is 22.2. The Morgan fingerprint density at radius 2 is 1.82 bits per heavy atom. The number of thiazole rings is 1. The van der Waals surface area contributed by atoms with E-state index in [2.05, 4.69) is 16.4 Å². The number of nitrogens with zero attached hydrogens (tertiary/aromatic N) is 1. The summed E-state index contributed by atoms with van der Waals surface area (Å²) < 4.78 is 11.3. The Hall–Kier alpha value is -4.04. The molecule has 0 radical (unpaired) electrons. The van der Waals surface area contributed by atoms with E-state index in [1.807, 2.05) is 31.2 Å². The summed E-state index contributed by atoms with van der Waals surface area (Å²) in [5.74, 6) is -0.913. The standard InChI is InChI=1S/C25H20N2O5S/c1-16-6-11-20-22(12-16)33-25(27-20)17-7-9-19(10-8-17)26-23(29)14-32-24(30)15-31-21-5-3-2-4-18(21)13-28/h2-13H,14-15H2,1H3,(H,26,29). The summed E-state index contributed by atoms with van der Waals surface area (Å²) in [4.78, 5) is 39.6. The molecular weight excluding hydrogens is 440 g/mol. The second kappa shape index (κ2) is 10.1. The van der Waals surface area contributed by atoms with Gasteiger partial charge in [0, 0.05) is 11.3 Å². The summed E-state index contributed by atoms with van der Waals surface area (Å²) in [6.07, 6.45) is 0.636. The fourth-order valence-corrected chi connectivity index (χ4v) is 4.15. The molecule has 0 saturated carbocycles. The quantitative estimate of drug-likeness (QED) is 0.304. The minimum absolute atomic E-state index is 0.275. The molecule has 1 amide bonds. The van der Waals surface area contributed by atoms with Gasteiger partial charge in [0.1, 0.15) is 10.8 Å². The number of para-hydroxylation sites is 1. The van der Waals surface area contributed by atoms with Crippen LogP contribution in [0.2, 0.25) is 0 Å². The highest BCUT2D eigenvalue weighted by Gasteiger charge is 2.11. The summed E-state index contributed by atoms with van der Waals surface area (Å²) in [6.45, 7) is 1.19. The third-order valence-corrected chi connectivity index (χ3v) is 5.78.